The van der Waals surface area contributed by atoms with Gasteiger partial charge < -0.3 is 14.6 Å². The number of hydrogen-bond donors (Lipinski definition) is 1. The lowest BCUT2D eigenvalue weighted by Crippen LogP contribution is -2.49. The van der Waals surface area contributed by atoms with E-state index >= 15 is 0 Å². The fraction of sp³-hybridized carbons (Fsp3) is 0.200. The van der Waals surface area contributed by atoms with Gasteiger partial charge in [0.2, 0.25) is 5.91 Å². The first-order chi connectivity index (χ1) is 10.2. The van der Waals surface area contributed by atoms with Crippen LogP contribution in [0.1, 0.15) is 5.56 Å². The average Bonchev–Trinajstić information content (AvgIpc) is 3.08. The van der Waals surface area contributed by atoms with Gasteiger partial charge in [-0.25, -0.2) is 0 Å². The highest BCUT2D eigenvalue weighted by atomic mass is 16.5. The van der Waals surface area contributed by atoms with Crippen LogP contribution in [0, 0.1) is 0 Å². The summed E-state index contributed by atoms with van der Waals surface area (Å²) < 4.78 is 5.66. The number of amides is 2. The third-order valence-corrected chi connectivity index (χ3v) is 3.88. The zero-order valence-electron chi connectivity index (χ0n) is 11.4. The standard InChI is InChI=1S/C15H13N3O3/c1-17-7-12(19)18-8-21-14(13(18)15(17)20)10-6-16-11-5-3-2-4-9(10)11/h2-6,16H,7-8H2,1H3. The molecule has 3 heterocycles. The van der Waals surface area contributed by atoms with Crippen LogP contribution in [0.5, 0.6) is 0 Å². The van der Waals surface area contributed by atoms with E-state index in [0.29, 0.717) is 11.5 Å². The van der Waals surface area contributed by atoms with Gasteiger partial charge in [0.1, 0.15) is 6.54 Å². The highest BCUT2D eigenvalue weighted by molar-refractivity contribution is 6.09. The number of nitrogens with one attached hydrogen (secondary N) is 1. The number of piperazine rings is 1. The molecule has 4 rings (SSSR count). The molecule has 1 fully saturated rings. The number of ether oxygens (including phenoxy) is 1. The van der Waals surface area contributed by atoms with Crippen molar-refractivity contribution in [2.75, 3.05) is 20.3 Å². The second kappa shape index (κ2) is 4.12. The Morgan fingerprint density at radius 2 is 2.05 bits per heavy atom. The minimum absolute atomic E-state index is 0.0901. The number of aromatic nitrogens is 1. The van der Waals surface area contributed by atoms with E-state index in [4.69, 9.17) is 4.74 Å². The van der Waals surface area contributed by atoms with E-state index in [0.717, 1.165) is 16.5 Å². The van der Waals surface area contributed by atoms with Crippen molar-refractivity contribution >= 4 is 28.5 Å². The van der Waals surface area contributed by atoms with Crippen molar-refractivity contribution < 1.29 is 14.3 Å². The quantitative estimate of drug-likeness (QED) is 0.853. The Morgan fingerprint density at radius 3 is 2.90 bits per heavy atom. The number of hydrogen-bond acceptors (Lipinski definition) is 3. The molecule has 0 radical (unpaired) electrons. The van der Waals surface area contributed by atoms with E-state index in [1.54, 1.807) is 7.05 Å². The highest BCUT2D eigenvalue weighted by Crippen LogP contribution is 2.35. The molecular formula is C15H13N3O3. The molecule has 2 aliphatic rings. The van der Waals surface area contributed by atoms with Crippen molar-refractivity contribution in [3.63, 3.8) is 0 Å². The minimum atomic E-state index is -0.188. The van der Waals surface area contributed by atoms with Gasteiger partial charge in [0.25, 0.3) is 5.91 Å². The monoisotopic (exact) mass is 283 g/mol. The summed E-state index contributed by atoms with van der Waals surface area (Å²) in [5, 5.41) is 0.968. The lowest BCUT2D eigenvalue weighted by Gasteiger charge is -2.28. The van der Waals surface area contributed by atoms with E-state index in [1.807, 2.05) is 30.5 Å². The molecule has 21 heavy (non-hydrogen) atoms. The van der Waals surface area contributed by atoms with E-state index in [9.17, 15) is 9.59 Å². The van der Waals surface area contributed by atoms with Crippen LogP contribution in [-0.2, 0) is 14.3 Å². The molecule has 0 atom stereocenters. The summed E-state index contributed by atoms with van der Waals surface area (Å²) >= 11 is 0. The molecule has 0 unspecified atom stereocenters. The molecule has 1 aromatic carbocycles. The number of fused-ring (bicyclic) bond motifs is 2. The van der Waals surface area contributed by atoms with Crippen LogP contribution in [0.3, 0.4) is 0 Å². The van der Waals surface area contributed by atoms with Gasteiger partial charge in [-0.2, -0.15) is 0 Å². The maximum atomic E-state index is 12.4. The molecule has 1 N–H and O–H groups in total. The van der Waals surface area contributed by atoms with Crippen molar-refractivity contribution in [2.24, 2.45) is 0 Å². The fourth-order valence-electron chi connectivity index (χ4n) is 2.80. The number of carbonyl (C=O) groups excluding carboxylic acids is 2. The largest absolute Gasteiger partial charge is 0.470 e. The molecule has 0 saturated carbocycles. The Kier molecular flexibility index (Phi) is 2.35. The summed E-state index contributed by atoms with van der Waals surface area (Å²) in [5.74, 6) is 0.159. The first-order valence-electron chi connectivity index (χ1n) is 6.66. The molecule has 0 spiro atoms. The normalized spacial score (nSPS) is 18.5. The summed E-state index contributed by atoms with van der Waals surface area (Å²) in [6.07, 6.45) is 1.81. The Balaban J connectivity index is 1.93. The van der Waals surface area contributed by atoms with Gasteiger partial charge in [-0.05, 0) is 6.07 Å². The Bertz CT molecular complexity index is 805. The molecule has 106 valence electrons. The molecule has 0 aliphatic carbocycles. The van der Waals surface area contributed by atoms with Crippen molar-refractivity contribution in [1.82, 2.24) is 14.8 Å². The fourth-order valence-corrected chi connectivity index (χ4v) is 2.80. The first-order valence-corrected chi connectivity index (χ1v) is 6.66. The van der Waals surface area contributed by atoms with E-state index in [2.05, 4.69) is 4.98 Å². The Morgan fingerprint density at radius 1 is 1.24 bits per heavy atom. The maximum absolute atomic E-state index is 12.4. The summed E-state index contributed by atoms with van der Waals surface area (Å²) in [5.41, 5.74) is 2.10. The molecule has 1 aromatic heterocycles. The molecule has 6 heteroatoms. The van der Waals surface area contributed by atoms with Crippen LogP contribution >= 0.6 is 0 Å². The smallest absolute Gasteiger partial charge is 0.274 e. The van der Waals surface area contributed by atoms with E-state index in [1.165, 1.54) is 9.80 Å². The number of rotatable bonds is 1. The van der Waals surface area contributed by atoms with E-state index in [-0.39, 0.29) is 25.1 Å². The highest BCUT2D eigenvalue weighted by Gasteiger charge is 2.41. The topological polar surface area (TPSA) is 65.6 Å². The van der Waals surface area contributed by atoms with Gasteiger partial charge in [-0.15, -0.1) is 0 Å². The number of aromatic amines is 1. The Hall–Kier alpha value is -2.76. The molecule has 1 saturated heterocycles. The molecule has 0 bridgehead atoms. The minimum Gasteiger partial charge on any atom is -0.470 e. The number of H-pyrrole nitrogens is 1. The zero-order valence-corrected chi connectivity index (χ0v) is 11.4. The third-order valence-electron chi connectivity index (χ3n) is 3.88. The summed E-state index contributed by atoms with van der Waals surface area (Å²) in [4.78, 5) is 30.4. The van der Waals surface area contributed by atoms with Crippen LogP contribution in [0.4, 0.5) is 0 Å². The van der Waals surface area contributed by atoms with Crippen LogP contribution < -0.4 is 0 Å². The molecule has 2 aromatic rings. The van der Waals surface area contributed by atoms with Gasteiger partial charge in [-0.1, -0.05) is 18.2 Å². The van der Waals surface area contributed by atoms with Crippen molar-refractivity contribution in [2.45, 2.75) is 0 Å². The predicted molar refractivity (Wildman–Crippen MR) is 75.7 cm³/mol. The van der Waals surface area contributed by atoms with Crippen molar-refractivity contribution in [3.8, 4) is 0 Å². The number of para-hydroxylation sites is 1. The zero-order chi connectivity index (χ0) is 14.6. The SMILES string of the molecule is CN1CC(=O)N2COC(c3c[nH]c4ccccc34)=C2C1=O. The first kappa shape index (κ1) is 12.0. The summed E-state index contributed by atoms with van der Waals surface area (Å²) in [6, 6.07) is 7.78. The van der Waals surface area contributed by atoms with Crippen LogP contribution in [-0.4, -0.2) is 46.9 Å². The lowest BCUT2D eigenvalue weighted by molar-refractivity contribution is -0.144. The number of likely N-dealkylation sites (N-methyl/N-ethyl adjacent to an activating group) is 1. The number of carbonyl (C=O) groups is 2. The van der Waals surface area contributed by atoms with Crippen LogP contribution in [0.15, 0.2) is 36.2 Å². The van der Waals surface area contributed by atoms with Crippen LogP contribution in [0.25, 0.3) is 16.7 Å². The van der Waals surface area contributed by atoms with Gasteiger partial charge >= 0.3 is 0 Å². The van der Waals surface area contributed by atoms with Gasteiger partial charge in [-0.3, -0.25) is 14.5 Å². The number of benzene rings is 1. The van der Waals surface area contributed by atoms with Gasteiger partial charge in [0.15, 0.2) is 18.2 Å². The van der Waals surface area contributed by atoms with Gasteiger partial charge in [0.05, 0.1) is 0 Å². The Labute approximate surface area is 120 Å². The summed E-state index contributed by atoms with van der Waals surface area (Å²) in [6.45, 7) is 0.190. The van der Waals surface area contributed by atoms with E-state index < -0.39 is 0 Å². The molecule has 6 nitrogen and oxygen atoms in total. The average molecular weight is 283 g/mol. The third kappa shape index (κ3) is 1.59. The maximum Gasteiger partial charge on any atom is 0.274 e. The second-order valence-corrected chi connectivity index (χ2v) is 5.18. The molecule has 2 aliphatic heterocycles. The van der Waals surface area contributed by atoms with Gasteiger partial charge in [0, 0.05) is 29.7 Å². The van der Waals surface area contributed by atoms with Crippen molar-refractivity contribution in [3.05, 3.63) is 41.7 Å². The second-order valence-electron chi connectivity index (χ2n) is 5.18. The number of nitrogens with zero attached hydrogens (tertiary/aromatic N) is 2. The molecule has 2 amide bonds. The predicted octanol–water partition coefficient (Wildman–Crippen LogP) is 1.12. The lowest BCUT2D eigenvalue weighted by atomic mass is 10.1. The molecular weight excluding hydrogens is 270 g/mol. The van der Waals surface area contributed by atoms with Crippen LogP contribution in [0.2, 0.25) is 0 Å². The summed E-state index contributed by atoms with van der Waals surface area (Å²) in [7, 11) is 1.62. The van der Waals surface area contributed by atoms with Crippen molar-refractivity contribution in [1.29, 1.82) is 0 Å².